The summed E-state index contributed by atoms with van der Waals surface area (Å²) in [6.07, 6.45) is 0.674. The van der Waals surface area contributed by atoms with E-state index >= 15 is 0 Å². The van der Waals surface area contributed by atoms with Crippen LogP contribution >= 0.6 is 15.9 Å². The molecule has 5 heteroatoms. The first-order chi connectivity index (χ1) is 8.63. The summed E-state index contributed by atoms with van der Waals surface area (Å²) in [5, 5.41) is 0. The van der Waals surface area contributed by atoms with Crippen molar-refractivity contribution in [1.29, 1.82) is 0 Å². The molecule has 1 aromatic heterocycles. The highest BCUT2D eigenvalue weighted by molar-refractivity contribution is 9.10. The second-order valence-electron chi connectivity index (χ2n) is 3.88. The molecule has 0 radical (unpaired) electrons. The van der Waals surface area contributed by atoms with Crippen molar-refractivity contribution in [2.24, 2.45) is 7.05 Å². The van der Waals surface area contributed by atoms with Crippen molar-refractivity contribution in [3.63, 3.8) is 0 Å². The topological polar surface area (TPSA) is 44.1 Å². The van der Waals surface area contributed by atoms with E-state index in [0.717, 1.165) is 11.4 Å². The molecule has 0 unspecified atom stereocenters. The van der Waals surface area contributed by atoms with Crippen LogP contribution in [0.3, 0.4) is 0 Å². The van der Waals surface area contributed by atoms with Gasteiger partial charge < -0.3 is 9.30 Å². The molecule has 0 saturated heterocycles. The first-order valence-electron chi connectivity index (χ1n) is 5.46. The Labute approximate surface area is 114 Å². The third-order valence-electron chi connectivity index (χ3n) is 2.73. The standard InChI is InChI=1S/C13H13BrN2O2/c1-16-10(8-9-6-4-3-5-7-9)15-12(14)11(16)13(17)18-2/h3-7H,8H2,1-2H3. The average molecular weight is 309 g/mol. The van der Waals surface area contributed by atoms with Gasteiger partial charge in [0.05, 0.1) is 7.11 Å². The lowest BCUT2D eigenvalue weighted by Crippen LogP contribution is -2.10. The van der Waals surface area contributed by atoms with Gasteiger partial charge in [-0.3, -0.25) is 0 Å². The predicted molar refractivity (Wildman–Crippen MR) is 71.5 cm³/mol. The molecule has 1 heterocycles. The molecule has 0 amide bonds. The fraction of sp³-hybridized carbons (Fsp3) is 0.231. The molecule has 0 aliphatic rings. The lowest BCUT2D eigenvalue weighted by molar-refractivity contribution is 0.0588. The molecule has 0 atom stereocenters. The first kappa shape index (κ1) is 12.8. The van der Waals surface area contributed by atoms with Gasteiger partial charge >= 0.3 is 5.97 Å². The van der Waals surface area contributed by atoms with Gasteiger partial charge in [-0.25, -0.2) is 9.78 Å². The molecule has 1 aromatic carbocycles. The Balaban J connectivity index is 2.33. The van der Waals surface area contributed by atoms with E-state index in [4.69, 9.17) is 4.74 Å². The van der Waals surface area contributed by atoms with Crippen LogP contribution in [-0.4, -0.2) is 22.6 Å². The van der Waals surface area contributed by atoms with Crippen molar-refractivity contribution in [3.8, 4) is 0 Å². The molecule has 94 valence electrons. The third-order valence-corrected chi connectivity index (χ3v) is 3.28. The Bertz CT molecular complexity index is 564. The van der Waals surface area contributed by atoms with Crippen molar-refractivity contribution in [1.82, 2.24) is 9.55 Å². The van der Waals surface area contributed by atoms with Gasteiger partial charge in [-0.05, 0) is 21.5 Å². The number of carbonyl (C=O) groups excluding carboxylic acids is 1. The van der Waals surface area contributed by atoms with Gasteiger partial charge in [-0.1, -0.05) is 30.3 Å². The Morgan fingerprint density at radius 3 is 2.67 bits per heavy atom. The van der Waals surface area contributed by atoms with E-state index in [0.29, 0.717) is 16.7 Å². The summed E-state index contributed by atoms with van der Waals surface area (Å²) in [6, 6.07) is 9.99. The average Bonchev–Trinajstić information content (AvgIpc) is 2.65. The fourth-order valence-electron chi connectivity index (χ4n) is 1.76. The van der Waals surface area contributed by atoms with E-state index < -0.39 is 5.97 Å². The SMILES string of the molecule is COC(=O)c1c(Br)nc(Cc2ccccc2)n1C. The number of imidazole rings is 1. The van der Waals surface area contributed by atoms with Crippen molar-refractivity contribution in [2.75, 3.05) is 7.11 Å². The Morgan fingerprint density at radius 2 is 2.06 bits per heavy atom. The van der Waals surface area contributed by atoms with E-state index in [9.17, 15) is 4.79 Å². The zero-order valence-corrected chi connectivity index (χ0v) is 11.8. The van der Waals surface area contributed by atoms with Crippen LogP contribution in [0.4, 0.5) is 0 Å². The Kier molecular flexibility index (Phi) is 3.81. The van der Waals surface area contributed by atoms with E-state index in [1.807, 2.05) is 37.4 Å². The van der Waals surface area contributed by atoms with Crippen molar-refractivity contribution >= 4 is 21.9 Å². The number of halogens is 1. The van der Waals surface area contributed by atoms with Crippen molar-refractivity contribution in [3.05, 3.63) is 52.0 Å². The minimum absolute atomic E-state index is 0.392. The number of hydrogen-bond donors (Lipinski definition) is 0. The minimum atomic E-state index is -0.392. The van der Waals surface area contributed by atoms with Crippen LogP contribution < -0.4 is 0 Å². The lowest BCUT2D eigenvalue weighted by Gasteiger charge is -2.04. The quantitative estimate of drug-likeness (QED) is 0.819. The largest absolute Gasteiger partial charge is 0.464 e. The summed E-state index contributed by atoms with van der Waals surface area (Å²) < 4.78 is 7.00. The van der Waals surface area contributed by atoms with Gasteiger partial charge in [-0.2, -0.15) is 0 Å². The van der Waals surface area contributed by atoms with E-state index in [1.54, 1.807) is 4.57 Å². The van der Waals surface area contributed by atoms with Crippen LogP contribution in [0.2, 0.25) is 0 Å². The zero-order valence-electron chi connectivity index (χ0n) is 10.2. The van der Waals surface area contributed by atoms with E-state index in [2.05, 4.69) is 20.9 Å². The molecule has 0 saturated carbocycles. The maximum atomic E-state index is 11.6. The second kappa shape index (κ2) is 5.35. The molecule has 0 aliphatic carbocycles. The van der Waals surface area contributed by atoms with Gasteiger partial charge in [-0.15, -0.1) is 0 Å². The molecule has 0 fully saturated rings. The smallest absolute Gasteiger partial charge is 0.357 e. The van der Waals surface area contributed by atoms with Gasteiger partial charge in [0.1, 0.15) is 10.4 Å². The van der Waals surface area contributed by atoms with Gasteiger partial charge in [0.2, 0.25) is 0 Å². The predicted octanol–water partition coefficient (Wildman–Crippen LogP) is 2.56. The summed E-state index contributed by atoms with van der Waals surface area (Å²) in [5.74, 6) is 0.421. The Hall–Kier alpha value is -1.62. The number of rotatable bonds is 3. The number of esters is 1. The molecule has 0 bridgehead atoms. The van der Waals surface area contributed by atoms with Gasteiger partial charge in [0.25, 0.3) is 0 Å². The minimum Gasteiger partial charge on any atom is -0.464 e. The maximum absolute atomic E-state index is 11.6. The van der Waals surface area contributed by atoms with E-state index in [1.165, 1.54) is 7.11 Å². The van der Waals surface area contributed by atoms with Crippen molar-refractivity contribution in [2.45, 2.75) is 6.42 Å². The highest BCUT2D eigenvalue weighted by atomic mass is 79.9. The highest BCUT2D eigenvalue weighted by Gasteiger charge is 2.19. The lowest BCUT2D eigenvalue weighted by atomic mass is 10.1. The number of hydrogen-bond acceptors (Lipinski definition) is 3. The van der Waals surface area contributed by atoms with Crippen LogP contribution in [0.25, 0.3) is 0 Å². The summed E-state index contributed by atoms with van der Waals surface area (Å²) in [6.45, 7) is 0. The Morgan fingerprint density at radius 1 is 1.39 bits per heavy atom. The molecule has 2 aromatic rings. The second-order valence-corrected chi connectivity index (χ2v) is 4.63. The summed E-state index contributed by atoms with van der Waals surface area (Å²) in [4.78, 5) is 16.0. The summed E-state index contributed by atoms with van der Waals surface area (Å²) in [7, 11) is 3.17. The van der Waals surface area contributed by atoms with Crippen LogP contribution in [0.15, 0.2) is 34.9 Å². The normalized spacial score (nSPS) is 10.4. The number of nitrogens with zero attached hydrogens (tertiary/aromatic N) is 2. The molecule has 0 spiro atoms. The monoisotopic (exact) mass is 308 g/mol. The zero-order chi connectivity index (χ0) is 13.1. The van der Waals surface area contributed by atoms with Crippen LogP contribution in [0.5, 0.6) is 0 Å². The van der Waals surface area contributed by atoms with E-state index in [-0.39, 0.29) is 0 Å². The number of benzene rings is 1. The number of carbonyl (C=O) groups is 1. The summed E-state index contributed by atoms with van der Waals surface area (Å²) >= 11 is 3.29. The van der Waals surface area contributed by atoms with Gasteiger partial charge in [0.15, 0.2) is 5.69 Å². The van der Waals surface area contributed by atoms with Crippen LogP contribution in [-0.2, 0) is 18.2 Å². The van der Waals surface area contributed by atoms with Crippen LogP contribution in [0.1, 0.15) is 21.9 Å². The highest BCUT2D eigenvalue weighted by Crippen LogP contribution is 2.19. The molecule has 0 N–H and O–H groups in total. The molecule has 2 rings (SSSR count). The summed E-state index contributed by atoms with van der Waals surface area (Å²) in [5.41, 5.74) is 1.58. The van der Waals surface area contributed by atoms with Crippen LogP contribution in [0, 0.1) is 0 Å². The molecule has 4 nitrogen and oxygen atoms in total. The molecular formula is C13H13BrN2O2. The maximum Gasteiger partial charge on any atom is 0.357 e. The van der Waals surface area contributed by atoms with Gasteiger partial charge in [0, 0.05) is 13.5 Å². The molecule has 0 aliphatic heterocycles. The fourth-order valence-corrected chi connectivity index (χ4v) is 2.40. The number of methoxy groups -OCH3 is 1. The third kappa shape index (κ3) is 2.46. The first-order valence-corrected chi connectivity index (χ1v) is 6.26. The molecular weight excluding hydrogens is 296 g/mol. The number of aromatic nitrogens is 2. The number of ether oxygens (including phenoxy) is 1. The van der Waals surface area contributed by atoms with Crippen molar-refractivity contribution < 1.29 is 9.53 Å². The molecule has 18 heavy (non-hydrogen) atoms.